The second-order valence-electron chi connectivity index (χ2n) is 13.2. The van der Waals surface area contributed by atoms with E-state index in [9.17, 15) is 5.26 Å². The Labute approximate surface area is 339 Å². The first-order chi connectivity index (χ1) is 28.1. The Morgan fingerprint density at radius 3 is 1.91 bits per heavy atom. The molecule has 0 saturated carbocycles. The Bertz CT molecular complexity index is 2860. The number of anilines is 2. The maximum Gasteiger partial charge on any atom is 0.135 e. The van der Waals surface area contributed by atoms with Crippen LogP contribution in [0.5, 0.6) is 0 Å². The highest BCUT2D eigenvalue weighted by molar-refractivity contribution is 7.99. The van der Waals surface area contributed by atoms with E-state index in [1.165, 1.54) is 16.3 Å². The predicted octanol–water partition coefficient (Wildman–Crippen LogP) is 15.3. The summed E-state index contributed by atoms with van der Waals surface area (Å²) in [5.41, 5.74) is 10.4. The lowest BCUT2D eigenvalue weighted by atomic mass is 9.95. The van der Waals surface area contributed by atoms with Gasteiger partial charge in [0.15, 0.2) is 0 Å². The van der Waals surface area contributed by atoms with Crippen molar-refractivity contribution in [1.82, 2.24) is 4.57 Å². The molecule has 2 aromatic heterocycles. The lowest BCUT2D eigenvalue weighted by molar-refractivity contribution is 0.669. The smallest absolute Gasteiger partial charge is 0.135 e. The summed E-state index contributed by atoms with van der Waals surface area (Å²) >= 11 is 1.69. The van der Waals surface area contributed by atoms with Crippen LogP contribution >= 0.6 is 11.8 Å². The van der Waals surface area contributed by atoms with Crippen molar-refractivity contribution in [3.8, 4) is 22.9 Å². The Hall–Kier alpha value is -6.74. The lowest BCUT2D eigenvalue weighted by Gasteiger charge is -2.24. The van der Waals surface area contributed by atoms with Gasteiger partial charge in [-0.05, 0) is 116 Å². The van der Waals surface area contributed by atoms with Crippen LogP contribution in [0.15, 0.2) is 196 Å². The predicted molar refractivity (Wildman–Crippen MR) is 244 cm³/mol. The van der Waals surface area contributed by atoms with E-state index in [0.29, 0.717) is 5.56 Å². The summed E-state index contributed by atoms with van der Waals surface area (Å²) in [7, 11) is 2.15. The molecular weight excluding hydrogens is 715 g/mol. The number of para-hydroxylation sites is 3. The fraction of sp³-hybridized carbons (Fsp3) is 0.0962. The maximum absolute atomic E-state index is 9.17. The number of benzene rings is 7. The van der Waals surface area contributed by atoms with Gasteiger partial charge in [0.1, 0.15) is 11.2 Å². The third kappa shape index (κ3) is 7.87. The molecular formula is C52H45N3OS. The van der Waals surface area contributed by atoms with E-state index in [4.69, 9.17) is 4.42 Å². The molecule has 0 aliphatic heterocycles. The minimum absolute atomic E-state index is 0.668. The summed E-state index contributed by atoms with van der Waals surface area (Å²) < 4.78 is 8.62. The molecule has 0 spiro atoms. The van der Waals surface area contributed by atoms with E-state index >= 15 is 0 Å². The van der Waals surface area contributed by atoms with Gasteiger partial charge in [0.2, 0.25) is 0 Å². The molecule has 5 heteroatoms. The zero-order chi connectivity index (χ0) is 39.7. The number of hydrogen-bond donors (Lipinski definition) is 0. The van der Waals surface area contributed by atoms with Crippen molar-refractivity contribution in [3.63, 3.8) is 0 Å². The first kappa shape index (κ1) is 38.5. The number of fused-ring (bicyclic) bond motifs is 6. The molecule has 9 aromatic rings. The molecule has 9 rings (SSSR count). The molecule has 4 nitrogen and oxygen atoms in total. The van der Waals surface area contributed by atoms with Gasteiger partial charge in [0.25, 0.3) is 0 Å². The van der Waals surface area contributed by atoms with Crippen molar-refractivity contribution >= 4 is 66.9 Å². The topological polar surface area (TPSA) is 45.1 Å². The molecule has 0 unspecified atom stereocenters. The third-order valence-electron chi connectivity index (χ3n) is 9.80. The van der Waals surface area contributed by atoms with Crippen molar-refractivity contribution in [2.75, 3.05) is 11.9 Å². The van der Waals surface area contributed by atoms with Crippen LogP contribution in [0, 0.1) is 11.3 Å². The summed E-state index contributed by atoms with van der Waals surface area (Å²) in [6, 6.07) is 57.3. The highest BCUT2D eigenvalue weighted by Gasteiger charge is 2.22. The first-order valence-electron chi connectivity index (χ1n) is 19.4. The van der Waals surface area contributed by atoms with Crippen LogP contribution in [0.25, 0.3) is 60.6 Å². The summed E-state index contributed by atoms with van der Waals surface area (Å²) in [6.07, 6.45) is 8.00. The molecule has 0 atom stereocenters. The summed E-state index contributed by atoms with van der Waals surface area (Å²) in [4.78, 5) is 4.53. The van der Waals surface area contributed by atoms with E-state index in [1.54, 1.807) is 11.8 Å². The minimum atomic E-state index is 0.668. The van der Waals surface area contributed by atoms with E-state index in [0.717, 1.165) is 65.4 Å². The van der Waals surface area contributed by atoms with E-state index in [1.807, 2.05) is 88.4 Å². The van der Waals surface area contributed by atoms with Crippen LogP contribution in [0.4, 0.5) is 11.4 Å². The van der Waals surface area contributed by atoms with Crippen LogP contribution in [-0.2, 0) is 0 Å². The van der Waals surface area contributed by atoms with Gasteiger partial charge in [-0.15, -0.1) is 0 Å². The van der Waals surface area contributed by atoms with Gasteiger partial charge < -0.3 is 13.9 Å². The van der Waals surface area contributed by atoms with Crippen molar-refractivity contribution in [2.24, 2.45) is 0 Å². The number of nitrogens with zero attached hydrogens (tertiary/aromatic N) is 3. The van der Waals surface area contributed by atoms with Crippen molar-refractivity contribution in [2.45, 2.75) is 37.5 Å². The quantitative estimate of drug-likeness (QED) is 0.152. The third-order valence-corrected chi connectivity index (χ3v) is 10.8. The van der Waals surface area contributed by atoms with Gasteiger partial charge in [-0.3, -0.25) is 0 Å². The normalized spacial score (nSPS) is 11.2. The van der Waals surface area contributed by atoms with Crippen molar-refractivity contribution in [1.29, 1.82) is 5.26 Å². The van der Waals surface area contributed by atoms with Crippen LogP contribution in [0.3, 0.4) is 0 Å². The molecule has 0 aliphatic rings. The zero-order valence-corrected chi connectivity index (χ0v) is 33.8. The van der Waals surface area contributed by atoms with Gasteiger partial charge in [-0.25, -0.2) is 0 Å². The van der Waals surface area contributed by atoms with E-state index in [-0.39, 0.29) is 0 Å². The Morgan fingerprint density at radius 1 is 0.614 bits per heavy atom. The number of hydrogen-bond acceptors (Lipinski definition) is 4. The number of rotatable bonds is 7. The molecule has 280 valence electrons. The Kier molecular flexibility index (Phi) is 12.0. The van der Waals surface area contributed by atoms with Crippen LogP contribution in [-0.4, -0.2) is 11.6 Å². The standard InChI is InChI=1S/C44H29N3OS.C6H10.C2H6/c1-46(31-9-3-2-4-10-31)39-24-25-40-44(43(39)30-17-26-42-37(27-30)35-11-6-8-14-41(35)48-42)36-12-5-7-13-38(36)47(40)32-18-22-34(23-19-32)49-33-20-15-29(28-45)16-21-33;1-3-5-6-4-2;1-2/h2-27H,1H3;3-6H,1-2H3;1-2H3/b;5-3-,6-4-;. The zero-order valence-electron chi connectivity index (χ0n) is 33.0. The van der Waals surface area contributed by atoms with E-state index < -0.39 is 0 Å². The van der Waals surface area contributed by atoms with Crippen molar-refractivity contribution in [3.05, 3.63) is 188 Å². The van der Waals surface area contributed by atoms with Crippen LogP contribution in [0.1, 0.15) is 33.3 Å². The van der Waals surface area contributed by atoms with Crippen LogP contribution in [0.2, 0.25) is 0 Å². The number of furan rings is 1. The molecule has 57 heavy (non-hydrogen) atoms. The number of nitriles is 1. The molecule has 0 bridgehead atoms. The van der Waals surface area contributed by atoms with Crippen molar-refractivity contribution < 1.29 is 4.42 Å². The first-order valence-corrected chi connectivity index (χ1v) is 20.2. The minimum Gasteiger partial charge on any atom is -0.456 e. The molecule has 0 fully saturated rings. The monoisotopic (exact) mass is 759 g/mol. The highest BCUT2D eigenvalue weighted by Crippen LogP contribution is 2.46. The fourth-order valence-electron chi connectivity index (χ4n) is 7.19. The second kappa shape index (κ2) is 17.8. The number of allylic oxidation sites excluding steroid dienone is 4. The second-order valence-corrected chi connectivity index (χ2v) is 14.3. The van der Waals surface area contributed by atoms with Gasteiger partial charge in [0.05, 0.1) is 22.7 Å². The summed E-state index contributed by atoms with van der Waals surface area (Å²) in [5.74, 6) is 0. The largest absolute Gasteiger partial charge is 0.456 e. The lowest BCUT2D eigenvalue weighted by Crippen LogP contribution is -2.10. The average molecular weight is 760 g/mol. The molecule has 0 saturated heterocycles. The average Bonchev–Trinajstić information content (AvgIpc) is 3.82. The molecule has 0 aliphatic carbocycles. The molecule has 2 heterocycles. The Morgan fingerprint density at radius 2 is 1.23 bits per heavy atom. The SMILES string of the molecule is C/C=C\C=C/C.CC.CN(c1ccccc1)c1ccc2c(c1-c1ccc3oc4ccccc4c3c1)c1ccccc1n2-c1ccc(Sc2ccc(C#N)cc2)cc1. The van der Waals surface area contributed by atoms with Gasteiger partial charge in [0, 0.05) is 61.0 Å². The molecule has 0 N–H and O–H groups in total. The molecule has 0 radical (unpaired) electrons. The van der Waals surface area contributed by atoms with Crippen LogP contribution < -0.4 is 4.90 Å². The van der Waals surface area contributed by atoms with Gasteiger partial charge in [-0.2, -0.15) is 5.26 Å². The number of aromatic nitrogens is 1. The summed E-state index contributed by atoms with van der Waals surface area (Å²) in [5, 5.41) is 13.8. The summed E-state index contributed by atoms with van der Waals surface area (Å²) in [6.45, 7) is 8.00. The van der Waals surface area contributed by atoms with Gasteiger partial charge >= 0.3 is 0 Å². The maximum atomic E-state index is 9.17. The Balaban J connectivity index is 0.000000570. The molecule has 7 aromatic carbocycles. The van der Waals surface area contributed by atoms with Gasteiger partial charge in [-0.1, -0.05) is 111 Å². The van der Waals surface area contributed by atoms with E-state index in [2.05, 4.69) is 144 Å². The highest BCUT2D eigenvalue weighted by atomic mass is 32.2. The molecule has 0 amide bonds. The fourth-order valence-corrected chi connectivity index (χ4v) is 8.01.